The summed E-state index contributed by atoms with van der Waals surface area (Å²) in [5.41, 5.74) is 2.17. The Hall–Kier alpha value is -0.320. The smallest absolute Gasteiger partial charge is 0.150 e. The van der Waals surface area contributed by atoms with Crippen LogP contribution in [-0.4, -0.2) is 20.7 Å². The lowest BCUT2D eigenvalue weighted by molar-refractivity contribution is 0.167. The van der Waals surface area contributed by atoms with Gasteiger partial charge in [-0.15, -0.1) is 23.5 Å². The monoisotopic (exact) mass is 224 g/mol. The lowest BCUT2D eigenvalue weighted by Gasteiger charge is -2.17. The molecule has 0 radical (unpaired) electrons. The third-order valence-electron chi connectivity index (χ3n) is 3.19. The fourth-order valence-electron chi connectivity index (χ4n) is 2.37. The van der Waals surface area contributed by atoms with Gasteiger partial charge in [0.15, 0.2) is 0 Å². The molecule has 1 aliphatic carbocycles. The van der Waals surface area contributed by atoms with Crippen LogP contribution in [0.15, 0.2) is 18.2 Å². The molecule has 0 amide bonds. The summed E-state index contributed by atoms with van der Waals surface area (Å²) >= 11 is 3.56. The van der Waals surface area contributed by atoms with Gasteiger partial charge in [-0.05, 0) is 17.7 Å². The summed E-state index contributed by atoms with van der Waals surface area (Å²) in [6, 6.07) is 5.39. The number of hydrogen-bond donors (Lipinski definition) is 2. The topological polar surface area (TPSA) is 40.5 Å². The van der Waals surface area contributed by atoms with E-state index in [-0.39, 0.29) is 5.75 Å². The summed E-state index contributed by atoms with van der Waals surface area (Å²) in [4.78, 5) is -0.682. The molecule has 4 rings (SSSR count). The van der Waals surface area contributed by atoms with Crippen LogP contribution in [0.5, 0.6) is 5.75 Å². The van der Waals surface area contributed by atoms with E-state index in [4.69, 9.17) is 0 Å². The Kier molecular flexibility index (Phi) is 1.19. The van der Waals surface area contributed by atoms with Crippen LogP contribution < -0.4 is 0 Å². The maximum atomic E-state index is 10.3. The number of aromatic hydroxyl groups is 1. The normalized spacial score (nSPS) is 46.2. The molecule has 2 aliphatic heterocycles. The summed E-state index contributed by atoms with van der Waals surface area (Å²) in [7, 11) is 0. The molecule has 4 unspecified atom stereocenters. The van der Waals surface area contributed by atoms with Gasteiger partial charge >= 0.3 is 0 Å². The molecule has 1 aromatic rings. The van der Waals surface area contributed by atoms with Gasteiger partial charge in [0.1, 0.15) is 10.7 Å². The van der Waals surface area contributed by atoms with Crippen LogP contribution >= 0.6 is 23.5 Å². The molecule has 3 aliphatic rings. The van der Waals surface area contributed by atoms with Crippen molar-refractivity contribution in [2.45, 2.75) is 20.7 Å². The Morgan fingerprint density at radius 2 is 2.21 bits per heavy atom. The molecule has 2 N–H and O–H groups in total. The van der Waals surface area contributed by atoms with Gasteiger partial charge in [0.25, 0.3) is 0 Å². The van der Waals surface area contributed by atoms with E-state index in [1.54, 1.807) is 23.9 Å². The van der Waals surface area contributed by atoms with E-state index in [2.05, 4.69) is 0 Å². The number of thioether (sulfide) groups is 2. The van der Waals surface area contributed by atoms with Crippen LogP contribution in [0.3, 0.4) is 0 Å². The second-order valence-electron chi connectivity index (χ2n) is 4.03. The fourth-order valence-corrected chi connectivity index (χ4v) is 5.35. The second-order valence-corrected chi connectivity index (χ2v) is 6.72. The first-order chi connectivity index (χ1) is 6.70. The second kappa shape index (κ2) is 2.10. The molecular formula is C10H8O2S2. The minimum Gasteiger partial charge on any atom is -0.508 e. The Bertz CT molecular complexity index is 448. The molecule has 4 atom stereocenters. The van der Waals surface area contributed by atoms with Gasteiger partial charge < -0.3 is 10.2 Å². The highest BCUT2D eigenvalue weighted by Gasteiger charge is 2.70. The summed E-state index contributed by atoms with van der Waals surface area (Å²) in [5, 5.41) is 21.2. The molecule has 72 valence electrons. The number of aliphatic hydroxyl groups is 1. The average molecular weight is 224 g/mol. The van der Waals surface area contributed by atoms with Crippen molar-refractivity contribution in [3.8, 4) is 5.75 Å². The molecule has 1 aromatic carbocycles. The first-order valence-corrected chi connectivity index (χ1v) is 6.41. The highest BCUT2D eigenvalue weighted by molar-refractivity contribution is 8.12. The largest absolute Gasteiger partial charge is 0.508 e. The standard InChI is InChI=1S/C10H8O2S2/c11-4-1-2-5-6(3-4)10(12)9(14-10)8-7(5)13-8/h1-3,7-9,11-12H. The zero-order valence-electron chi connectivity index (χ0n) is 7.18. The predicted octanol–water partition coefficient (Wildman–Crippen LogP) is 1.82. The molecule has 4 heteroatoms. The molecule has 2 saturated heterocycles. The van der Waals surface area contributed by atoms with Crippen molar-refractivity contribution in [2.24, 2.45) is 0 Å². The third-order valence-corrected chi connectivity index (χ3v) is 6.21. The minimum atomic E-state index is -0.682. The van der Waals surface area contributed by atoms with Gasteiger partial charge in [-0.3, -0.25) is 0 Å². The van der Waals surface area contributed by atoms with E-state index in [0.717, 1.165) is 5.56 Å². The Morgan fingerprint density at radius 1 is 1.36 bits per heavy atom. The van der Waals surface area contributed by atoms with Gasteiger partial charge in [-0.1, -0.05) is 6.07 Å². The zero-order chi connectivity index (χ0) is 9.50. The molecule has 14 heavy (non-hydrogen) atoms. The Labute approximate surface area is 89.7 Å². The SMILES string of the molecule is Oc1ccc2c(c1)C1(O)SC1C1SC21. The number of rotatable bonds is 0. The molecule has 2 fully saturated rings. The number of benzene rings is 1. The van der Waals surface area contributed by atoms with Crippen LogP contribution in [0, 0.1) is 0 Å². The van der Waals surface area contributed by atoms with Gasteiger partial charge in [0, 0.05) is 16.1 Å². The number of fused-ring (bicyclic) bond motifs is 6. The Morgan fingerprint density at radius 3 is 3.07 bits per heavy atom. The molecule has 2 heterocycles. The summed E-state index contributed by atoms with van der Waals surface area (Å²) < 4.78 is 0. The maximum absolute atomic E-state index is 10.3. The van der Waals surface area contributed by atoms with E-state index in [9.17, 15) is 10.2 Å². The van der Waals surface area contributed by atoms with Crippen LogP contribution in [0.25, 0.3) is 0 Å². The molecule has 0 saturated carbocycles. The van der Waals surface area contributed by atoms with Crippen LogP contribution in [0.2, 0.25) is 0 Å². The van der Waals surface area contributed by atoms with Crippen molar-refractivity contribution >= 4 is 23.5 Å². The average Bonchev–Trinajstić information content (AvgIpc) is 2.97. The predicted molar refractivity (Wildman–Crippen MR) is 57.5 cm³/mol. The molecule has 0 bridgehead atoms. The number of phenols is 1. The molecule has 2 nitrogen and oxygen atoms in total. The maximum Gasteiger partial charge on any atom is 0.150 e. The van der Waals surface area contributed by atoms with E-state index in [0.29, 0.717) is 15.7 Å². The Balaban J connectivity index is 1.99. The third kappa shape index (κ3) is 0.767. The first kappa shape index (κ1) is 7.91. The lowest BCUT2D eigenvalue weighted by atomic mass is 9.89. The van der Waals surface area contributed by atoms with Crippen molar-refractivity contribution in [1.82, 2.24) is 0 Å². The van der Waals surface area contributed by atoms with Gasteiger partial charge in [-0.2, -0.15) is 0 Å². The van der Waals surface area contributed by atoms with Gasteiger partial charge in [0.2, 0.25) is 0 Å². The van der Waals surface area contributed by atoms with Crippen molar-refractivity contribution < 1.29 is 10.2 Å². The van der Waals surface area contributed by atoms with Gasteiger partial charge in [-0.25, -0.2) is 0 Å². The van der Waals surface area contributed by atoms with Crippen molar-refractivity contribution in [3.63, 3.8) is 0 Å². The lowest BCUT2D eigenvalue weighted by Crippen LogP contribution is -2.21. The highest BCUT2D eigenvalue weighted by Crippen LogP contribution is 2.77. The first-order valence-electron chi connectivity index (χ1n) is 4.59. The quantitative estimate of drug-likeness (QED) is 0.660. The minimum absolute atomic E-state index is 0.257. The fraction of sp³-hybridized carbons (Fsp3) is 0.400. The van der Waals surface area contributed by atoms with Crippen molar-refractivity contribution in [2.75, 3.05) is 0 Å². The van der Waals surface area contributed by atoms with E-state index >= 15 is 0 Å². The van der Waals surface area contributed by atoms with Crippen molar-refractivity contribution in [3.05, 3.63) is 29.3 Å². The summed E-state index contributed by atoms with van der Waals surface area (Å²) in [6.45, 7) is 0. The van der Waals surface area contributed by atoms with Crippen LogP contribution in [0.4, 0.5) is 0 Å². The molecule has 0 aromatic heterocycles. The molecular weight excluding hydrogens is 216 g/mol. The van der Waals surface area contributed by atoms with Gasteiger partial charge in [0.05, 0.1) is 5.25 Å². The van der Waals surface area contributed by atoms with Crippen LogP contribution in [0.1, 0.15) is 16.4 Å². The highest BCUT2D eigenvalue weighted by atomic mass is 32.2. The van der Waals surface area contributed by atoms with Crippen molar-refractivity contribution in [1.29, 1.82) is 0 Å². The van der Waals surface area contributed by atoms with E-state index in [1.165, 1.54) is 5.56 Å². The molecule has 0 spiro atoms. The number of hydrogen-bond acceptors (Lipinski definition) is 4. The summed E-state index contributed by atoms with van der Waals surface area (Å²) in [5.74, 6) is 0.257. The van der Waals surface area contributed by atoms with E-state index in [1.807, 2.05) is 17.8 Å². The van der Waals surface area contributed by atoms with Crippen LogP contribution in [-0.2, 0) is 4.93 Å². The van der Waals surface area contributed by atoms with E-state index < -0.39 is 4.93 Å². The zero-order valence-corrected chi connectivity index (χ0v) is 8.81. The summed E-state index contributed by atoms with van der Waals surface area (Å²) in [6.07, 6.45) is 0. The number of phenolic OH excluding ortho intramolecular Hbond substituents is 1.